The number of fused-ring (bicyclic) bond motifs is 11. The number of furan rings is 2. The van der Waals surface area contributed by atoms with E-state index in [1.807, 2.05) is 54.6 Å². The highest BCUT2D eigenvalue weighted by Crippen LogP contribution is 2.44. The van der Waals surface area contributed by atoms with Crippen molar-refractivity contribution in [1.82, 2.24) is 9.55 Å². The van der Waals surface area contributed by atoms with Crippen LogP contribution in [0.4, 0.5) is 17.1 Å². The molecule has 12 aromatic rings. The smallest absolute Gasteiger partial charge is 0.227 e. The van der Waals surface area contributed by atoms with Gasteiger partial charge in [-0.3, -0.25) is 0 Å². The molecule has 4 heterocycles. The standard InChI is InChI=1S/C49H29N3O3/c1-3-11-30(12-4-1)49-50-40-23-26-45-47(48(40)55-49)37-22-19-34(29-46(37)54-45)51(33-21-25-44-39(28-33)36-16-8-10-18-43(36)53-44)32-20-24-42-38(27-32)35-15-7-9-17-41(35)52(42)31-13-5-2-6-14-31/h1-29H. The molecular weight excluding hydrogens is 679 g/mol. The van der Waals surface area contributed by atoms with Crippen LogP contribution in [0.15, 0.2) is 189 Å². The molecule has 0 bridgehead atoms. The van der Waals surface area contributed by atoms with Gasteiger partial charge in [0.2, 0.25) is 5.89 Å². The molecule has 0 saturated carbocycles. The fourth-order valence-corrected chi connectivity index (χ4v) is 8.33. The van der Waals surface area contributed by atoms with Gasteiger partial charge in [-0.05, 0) is 97.1 Å². The fourth-order valence-electron chi connectivity index (χ4n) is 8.33. The van der Waals surface area contributed by atoms with Gasteiger partial charge in [-0.15, -0.1) is 0 Å². The summed E-state index contributed by atoms with van der Waals surface area (Å²) in [6.45, 7) is 0. The first-order valence-corrected chi connectivity index (χ1v) is 18.4. The van der Waals surface area contributed by atoms with Crippen LogP contribution in [0.1, 0.15) is 0 Å². The molecule has 0 amide bonds. The van der Waals surface area contributed by atoms with Crippen LogP contribution in [0.5, 0.6) is 0 Å². The third kappa shape index (κ3) is 4.52. The van der Waals surface area contributed by atoms with Gasteiger partial charge in [0.05, 0.1) is 16.4 Å². The number of aromatic nitrogens is 2. The number of para-hydroxylation sites is 3. The van der Waals surface area contributed by atoms with Gasteiger partial charge in [-0.25, -0.2) is 4.98 Å². The summed E-state index contributed by atoms with van der Waals surface area (Å²) in [5.41, 5.74) is 12.1. The second-order valence-electron chi connectivity index (χ2n) is 14.0. The van der Waals surface area contributed by atoms with Gasteiger partial charge in [-0.1, -0.05) is 72.8 Å². The van der Waals surface area contributed by atoms with Gasteiger partial charge < -0.3 is 22.7 Å². The monoisotopic (exact) mass is 707 g/mol. The van der Waals surface area contributed by atoms with Gasteiger partial charge in [0.15, 0.2) is 5.58 Å². The lowest BCUT2D eigenvalue weighted by atomic mass is 10.1. The number of oxazole rings is 1. The Morgan fingerprint density at radius 1 is 0.418 bits per heavy atom. The highest BCUT2D eigenvalue weighted by molar-refractivity contribution is 6.17. The maximum Gasteiger partial charge on any atom is 0.227 e. The minimum absolute atomic E-state index is 0.589. The first-order valence-electron chi connectivity index (χ1n) is 18.4. The van der Waals surface area contributed by atoms with Crippen molar-refractivity contribution in [3.63, 3.8) is 0 Å². The molecule has 4 aromatic heterocycles. The quantitative estimate of drug-likeness (QED) is 0.178. The van der Waals surface area contributed by atoms with Crippen molar-refractivity contribution in [3.8, 4) is 17.1 Å². The van der Waals surface area contributed by atoms with E-state index in [0.717, 1.165) is 94.3 Å². The zero-order valence-electron chi connectivity index (χ0n) is 29.3. The van der Waals surface area contributed by atoms with E-state index in [0.29, 0.717) is 5.89 Å². The Balaban J connectivity index is 1.08. The van der Waals surface area contributed by atoms with E-state index in [9.17, 15) is 0 Å². The number of benzene rings is 8. The van der Waals surface area contributed by atoms with E-state index < -0.39 is 0 Å². The molecule has 6 nitrogen and oxygen atoms in total. The third-order valence-corrected chi connectivity index (χ3v) is 10.8. The van der Waals surface area contributed by atoms with E-state index in [1.165, 1.54) is 10.8 Å². The Morgan fingerprint density at radius 2 is 1.05 bits per heavy atom. The molecule has 6 heteroatoms. The number of hydrogen-bond donors (Lipinski definition) is 0. The van der Waals surface area contributed by atoms with Gasteiger partial charge in [0.1, 0.15) is 27.8 Å². The second-order valence-corrected chi connectivity index (χ2v) is 14.0. The fraction of sp³-hybridized carbons (Fsp3) is 0. The van der Waals surface area contributed by atoms with Gasteiger partial charge >= 0.3 is 0 Å². The Hall–Kier alpha value is -7.57. The van der Waals surface area contributed by atoms with E-state index in [2.05, 4.69) is 131 Å². The maximum atomic E-state index is 6.60. The van der Waals surface area contributed by atoms with Crippen molar-refractivity contribution >= 4 is 93.8 Å². The number of hydrogen-bond acceptors (Lipinski definition) is 5. The van der Waals surface area contributed by atoms with E-state index in [4.69, 9.17) is 18.2 Å². The van der Waals surface area contributed by atoms with Crippen LogP contribution in [0.3, 0.4) is 0 Å². The first-order chi connectivity index (χ1) is 27.2. The van der Waals surface area contributed by atoms with Crippen molar-refractivity contribution in [2.24, 2.45) is 0 Å². The minimum atomic E-state index is 0.589. The summed E-state index contributed by atoms with van der Waals surface area (Å²) in [4.78, 5) is 7.13. The lowest BCUT2D eigenvalue weighted by molar-refractivity contribution is 0.622. The summed E-state index contributed by atoms with van der Waals surface area (Å²) in [6, 6.07) is 61.0. The zero-order valence-corrected chi connectivity index (χ0v) is 29.3. The van der Waals surface area contributed by atoms with E-state index in [1.54, 1.807) is 0 Å². The summed E-state index contributed by atoms with van der Waals surface area (Å²) >= 11 is 0. The van der Waals surface area contributed by atoms with Crippen molar-refractivity contribution in [1.29, 1.82) is 0 Å². The van der Waals surface area contributed by atoms with Crippen LogP contribution in [0.2, 0.25) is 0 Å². The number of nitrogens with zero attached hydrogens (tertiary/aromatic N) is 3. The molecule has 0 aliphatic carbocycles. The molecule has 0 unspecified atom stereocenters. The average Bonchev–Trinajstić information content (AvgIpc) is 4.01. The lowest BCUT2D eigenvalue weighted by Gasteiger charge is -2.26. The van der Waals surface area contributed by atoms with E-state index >= 15 is 0 Å². The summed E-state index contributed by atoms with van der Waals surface area (Å²) in [5.74, 6) is 0.589. The molecule has 0 saturated heterocycles. The SMILES string of the molecule is c1ccc(-c2nc3ccc4oc5cc(N(c6ccc7oc8ccccc8c7c6)c6ccc7c(c6)c6ccccc6n7-c6ccccc6)ccc5c4c3o2)cc1. The van der Waals surface area contributed by atoms with E-state index in [-0.39, 0.29) is 0 Å². The number of rotatable bonds is 5. The second kappa shape index (κ2) is 11.5. The van der Waals surface area contributed by atoms with Crippen LogP contribution in [-0.2, 0) is 0 Å². The Kier molecular flexibility index (Phi) is 6.24. The lowest BCUT2D eigenvalue weighted by Crippen LogP contribution is -2.09. The van der Waals surface area contributed by atoms with Gasteiger partial charge in [-0.2, -0.15) is 0 Å². The Morgan fingerprint density at radius 3 is 1.93 bits per heavy atom. The first kappa shape index (κ1) is 29.9. The van der Waals surface area contributed by atoms with Crippen LogP contribution in [0, 0.1) is 0 Å². The van der Waals surface area contributed by atoms with Gasteiger partial charge in [0, 0.05) is 61.3 Å². The van der Waals surface area contributed by atoms with Crippen molar-refractivity contribution in [2.45, 2.75) is 0 Å². The predicted octanol–water partition coefficient (Wildman–Crippen LogP) is 13.9. The molecule has 0 aliphatic rings. The molecule has 8 aromatic carbocycles. The molecule has 0 radical (unpaired) electrons. The molecule has 0 N–H and O–H groups in total. The molecule has 258 valence electrons. The van der Waals surface area contributed by atoms with Gasteiger partial charge in [0.25, 0.3) is 0 Å². The highest BCUT2D eigenvalue weighted by atomic mass is 16.4. The minimum Gasteiger partial charge on any atom is -0.456 e. The molecule has 0 fully saturated rings. The molecule has 55 heavy (non-hydrogen) atoms. The normalized spacial score (nSPS) is 12.0. The molecule has 12 rings (SSSR count). The summed E-state index contributed by atoms with van der Waals surface area (Å²) in [5, 5.41) is 6.40. The Labute approximate surface area is 313 Å². The highest BCUT2D eigenvalue weighted by Gasteiger charge is 2.22. The summed E-state index contributed by atoms with van der Waals surface area (Å²) < 4.78 is 21.6. The molecule has 0 atom stereocenters. The molecule has 0 spiro atoms. The van der Waals surface area contributed by atoms with Crippen molar-refractivity contribution in [2.75, 3.05) is 4.90 Å². The largest absolute Gasteiger partial charge is 0.456 e. The molecule has 0 aliphatic heterocycles. The zero-order chi connectivity index (χ0) is 36.0. The summed E-state index contributed by atoms with van der Waals surface area (Å²) in [6.07, 6.45) is 0. The summed E-state index contributed by atoms with van der Waals surface area (Å²) in [7, 11) is 0. The number of anilines is 3. The predicted molar refractivity (Wildman–Crippen MR) is 223 cm³/mol. The van der Waals surface area contributed by atoms with Crippen LogP contribution in [-0.4, -0.2) is 9.55 Å². The van der Waals surface area contributed by atoms with Crippen molar-refractivity contribution < 1.29 is 13.3 Å². The van der Waals surface area contributed by atoms with Crippen molar-refractivity contribution in [3.05, 3.63) is 176 Å². The Bertz CT molecular complexity index is 3440. The maximum absolute atomic E-state index is 6.60. The van der Waals surface area contributed by atoms with Crippen LogP contribution in [0.25, 0.3) is 93.9 Å². The average molecular weight is 708 g/mol. The third-order valence-electron chi connectivity index (χ3n) is 10.8. The van der Waals surface area contributed by atoms with Crippen LogP contribution >= 0.6 is 0 Å². The molecular formula is C49H29N3O3. The topological polar surface area (TPSA) is 60.5 Å². The van der Waals surface area contributed by atoms with Crippen LogP contribution < -0.4 is 4.90 Å².